The van der Waals surface area contributed by atoms with Gasteiger partial charge in [-0.1, -0.05) is 18.2 Å². The summed E-state index contributed by atoms with van der Waals surface area (Å²) in [6.07, 6.45) is 1.67. The molecule has 1 heterocycles. The number of hydrogen-bond donors (Lipinski definition) is 0. The Morgan fingerprint density at radius 3 is 2.44 bits per heavy atom. The molecule has 1 saturated heterocycles. The van der Waals surface area contributed by atoms with Gasteiger partial charge >= 0.3 is 0 Å². The summed E-state index contributed by atoms with van der Waals surface area (Å²) >= 11 is 4.33. The van der Waals surface area contributed by atoms with Gasteiger partial charge in [0.2, 0.25) is 0 Å². The van der Waals surface area contributed by atoms with Crippen molar-refractivity contribution in [2.45, 2.75) is 0 Å². The van der Waals surface area contributed by atoms with Gasteiger partial charge in [0.15, 0.2) is 11.5 Å². The molecule has 0 aliphatic carbocycles. The highest BCUT2D eigenvalue weighted by Crippen LogP contribution is 2.39. The van der Waals surface area contributed by atoms with Crippen LogP contribution < -0.4 is 14.4 Å². The van der Waals surface area contributed by atoms with E-state index in [1.807, 2.05) is 6.07 Å². The number of amides is 2. The molecule has 2 aromatic carbocycles. The van der Waals surface area contributed by atoms with Crippen molar-refractivity contribution in [2.24, 2.45) is 0 Å². The van der Waals surface area contributed by atoms with E-state index in [9.17, 15) is 9.59 Å². The maximum Gasteiger partial charge on any atom is 0.298 e. The average Bonchev–Trinajstić information content (AvgIpc) is 2.88. The third kappa shape index (κ3) is 3.43. The lowest BCUT2D eigenvalue weighted by molar-refractivity contribution is -0.113. The number of halogens is 1. The molecule has 3 rings (SSSR count). The molecule has 5 nitrogen and oxygen atoms in total. The fourth-order valence-electron chi connectivity index (χ4n) is 2.44. The van der Waals surface area contributed by atoms with Crippen molar-refractivity contribution in [2.75, 3.05) is 19.1 Å². The van der Waals surface area contributed by atoms with Gasteiger partial charge in [-0.3, -0.25) is 9.59 Å². The molecule has 0 radical (unpaired) electrons. The predicted octanol–water partition coefficient (Wildman–Crippen LogP) is 4.71. The number of rotatable bonds is 4. The summed E-state index contributed by atoms with van der Waals surface area (Å²) < 4.78 is 11.3. The van der Waals surface area contributed by atoms with Crippen LogP contribution in [0.4, 0.5) is 10.5 Å². The van der Waals surface area contributed by atoms with Gasteiger partial charge in [-0.2, -0.15) is 0 Å². The maximum absolute atomic E-state index is 12.6. The van der Waals surface area contributed by atoms with E-state index in [4.69, 9.17) is 9.47 Å². The molecule has 0 atom stereocenters. The number of imide groups is 1. The Balaban J connectivity index is 1.96. The van der Waals surface area contributed by atoms with Crippen LogP contribution in [-0.2, 0) is 4.79 Å². The summed E-state index contributed by atoms with van der Waals surface area (Å²) in [5, 5.41) is -0.318. The van der Waals surface area contributed by atoms with Crippen LogP contribution in [0.15, 0.2) is 51.8 Å². The quantitative estimate of drug-likeness (QED) is 0.671. The number of benzene rings is 2. The van der Waals surface area contributed by atoms with Gasteiger partial charge in [0.05, 0.1) is 29.3 Å². The zero-order valence-electron chi connectivity index (χ0n) is 13.5. The summed E-state index contributed by atoms with van der Waals surface area (Å²) in [6, 6.07) is 12.4. The normalized spacial score (nSPS) is 15.8. The number of para-hydroxylation sites is 1. The Bertz CT molecular complexity index is 867. The number of methoxy groups -OCH3 is 2. The molecule has 0 spiro atoms. The topological polar surface area (TPSA) is 55.8 Å². The molecule has 1 aliphatic rings. The highest BCUT2D eigenvalue weighted by atomic mass is 79.9. The molecule has 0 N–H and O–H groups in total. The highest BCUT2D eigenvalue weighted by Gasteiger charge is 2.36. The van der Waals surface area contributed by atoms with Crippen LogP contribution in [0.3, 0.4) is 0 Å². The molecular formula is C18H14BrNO4S. The Hall–Kier alpha value is -2.25. The minimum absolute atomic E-state index is 0.318. The van der Waals surface area contributed by atoms with Gasteiger partial charge < -0.3 is 9.47 Å². The van der Waals surface area contributed by atoms with Crippen LogP contribution in [0.2, 0.25) is 0 Å². The fourth-order valence-corrected chi connectivity index (χ4v) is 3.90. The van der Waals surface area contributed by atoms with Crippen LogP contribution in [0, 0.1) is 0 Å². The summed E-state index contributed by atoms with van der Waals surface area (Å²) in [5.41, 5.74) is 1.28. The van der Waals surface area contributed by atoms with Gasteiger partial charge in [-0.15, -0.1) is 0 Å². The van der Waals surface area contributed by atoms with Crippen molar-refractivity contribution in [3.8, 4) is 11.5 Å². The third-order valence-corrected chi connectivity index (χ3v) is 5.02. The first-order valence-electron chi connectivity index (χ1n) is 7.29. The molecule has 0 unspecified atom stereocenters. The zero-order valence-corrected chi connectivity index (χ0v) is 15.9. The lowest BCUT2D eigenvalue weighted by atomic mass is 10.2. The molecule has 1 fully saturated rings. The number of anilines is 1. The van der Waals surface area contributed by atoms with Crippen molar-refractivity contribution in [1.82, 2.24) is 0 Å². The van der Waals surface area contributed by atoms with E-state index in [2.05, 4.69) is 15.9 Å². The molecule has 25 heavy (non-hydrogen) atoms. The van der Waals surface area contributed by atoms with E-state index in [0.717, 1.165) is 17.3 Å². The number of thioether (sulfide) groups is 1. The summed E-state index contributed by atoms with van der Waals surface area (Å²) in [5.74, 6) is 0.759. The van der Waals surface area contributed by atoms with Gasteiger partial charge in [0.25, 0.3) is 11.1 Å². The molecule has 1 aliphatic heterocycles. The summed E-state index contributed by atoms with van der Waals surface area (Å²) in [4.78, 5) is 26.4. The second-order valence-corrected chi connectivity index (χ2v) is 6.94. The molecular weight excluding hydrogens is 406 g/mol. The minimum atomic E-state index is -0.341. The van der Waals surface area contributed by atoms with E-state index in [1.54, 1.807) is 49.6 Å². The van der Waals surface area contributed by atoms with E-state index < -0.39 is 0 Å². The first-order valence-corrected chi connectivity index (χ1v) is 8.90. The molecule has 128 valence electrons. The predicted molar refractivity (Wildman–Crippen MR) is 102 cm³/mol. The van der Waals surface area contributed by atoms with Gasteiger partial charge in [-0.05, 0) is 63.6 Å². The first-order chi connectivity index (χ1) is 12.0. The van der Waals surface area contributed by atoms with Gasteiger partial charge in [0.1, 0.15) is 0 Å². The molecule has 0 aromatic heterocycles. The molecule has 2 aromatic rings. The second kappa shape index (κ2) is 7.33. The van der Waals surface area contributed by atoms with Crippen LogP contribution in [-0.4, -0.2) is 25.4 Å². The molecule has 0 saturated carbocycles. The van der Waals surface area contributed by atoms with Crippen LogP contribution >= 0.6 is 27.7 Å². The Labute approximate surface area is 157 Å². The van der Waals surface area contributed by atoms with E-state index in [0.29, 0.717) is 26.6 Å². The summed E-state index contributed by atoms with van der Waals surface area (Å²) in [6.45, 7) is 0. The lowest BCUT2D eigenvalue weighted by Gasteiger charge is -2.12. The highest BCUT2D eigenvalue weighted by molar-refractivity contribution is 9.10. The fraction of sp³-hybridized carbons (Fsp3) is 0.111. The minimum Gasteiger partial charge on any atom is -0.493 e. The van der Waals surface area contributed by atoms with E-state index >= 15 is 0 Å². The number of nitrogens with zero attached hydrogens (tertiary/aromatic N) is 1. The molecule has 0 bridgehead atoms. The average molecular weight is 420 g/mol. The summed E-state index contributed by atoms with van der Waals surface area (Å²) in [7, 11) is 3.09. The number of hydrogen-bond acceptors (Lipinski definition) is 5. The van der Waals surface area contributed by atoms with Crippen LogP contribution in [0.25, 0.3) is 6.08 Å². The number of carbonyl (C=O) groups is 2. The smallest absolute Gasteiger partial charge is 0.298 e. The van der Waals surface area contributed by atoms with E-state index in [-0.39, 0.29) is 11.1 Å². The monoisotopic (exact) mass is 419 g/mol. The standard InChI is InChI=1S/C18H14BrNO4S/c1-23-14-9-11(8-13(19)16(14)24-2)10-15-17(21)20(18(22)25-15)12-6-4-3-5-7-12/h3-10H,1-2H3/b15-10-. The lowest BCUT2D eigenvalue weighted by Crippen LogP contribution is -2.27. The van der Waals surface area contributed by atoms with Crippen molar-refractivity contribution in [1.29, 1.82) is 0 Å². The largest absolute Gasteiger partial charge is 0.493 e. The van der Waals surface area contributed by atoms with E-state index in [1.165, 1.54) is 12.0 Å². The molecule has 7 heteroatoms. The third-order valence-electron chi connectivity index (χ3n) is 3.56. The SMILES string of the molecule is COc1cc(/C=C2\SC(=O)N(c3ccccc3)C2=O)cc(Br)c1OC. The number of ether oxygens (including phenoxy) is 2. The van der Waals surface area contributed by atoms with Crippen molar-refractivity contribution in [3.63, 3.8) is 0 Å². The second-order valence-electron chi connectivity index (χ2n) is 5.09. The van der Waals surface area contributed by atoms with Crippen LogP contribution in [0.5, 0.6) is 11.5 Å². The zero-order chi connectivity index (χ0) is 18.0. The maximum atomic E-state index is 12.6. The number of carbonyl (C=O) groups excluding carboxylic acids is 2. The first kappa shape index (κ1) is 17.6. The Morgan fingerprint density at radius 1 is 1.08 bits per heavy atom. The van der Waals surface area contributed by atoms with Gasteiger partial charge in [0, 0.05) is 0 Å². The molecule has 2 amide bonds. The van der Waals surface area contributed by atoms with Gasteiger partial charge in [-0.25, -0.2) is 4.90 Å². The Morgan fingerprint density at radius 2 is 1.80 bits per heavy atom. The van der Waals surface area contributed by atoms with Crippen molar-refractivity contribution < 1.29 is 19.1 Å². The van der Waals surface area contributed by atoms with Crippen LogP contribution in [0.1, 0.15) is 5.56 Å². The van der Waals surface area contributed by atoms with Crippen molar-refractivity contribution >= 4 is 50.6 Å². The Kier molecular flexibility index (Phi) is 5.15. The van der Waals surface area contributed by atoms with Crippen molar-refractivity contribution in [3.05, 3.63) is 57.4 Å².